The molecule has 0 heterocycles. The van der Waals surface area contributed by atoms with Gasteiger partial charge in [0.25, 0.3) is 0 Å². The molecule has 0 saturated carbocycles. The zero-order chi connectivity index (χ0) is 36.3. The Hall–Kier alpha value is -6.45. The van der Waals surface area contributed by atoms with E-state index in [0.717, 1.165) is 34.5 Å². The fourth-order valence-electron chi connectivity index (χ4n) is 5.55. The van der Waals surface area contributed by atoms with Crippen LogP contribution in [0.4, 0.5) is 5.69 Å². The third-order valence-electron chi connectivity index (χ3n) is 8.29. The van der Waals surface area contributed by atoms with E-state index in [2.05, 4.69) is 136 Å². The van der Waals surface area contributed by atoms with Crippen molar-refractivity contribution in [3.05, 3.63) is 222 Å². The predicted molar refractivity (Wildman–Crippen MR) is 223 cm³/mol. The molecule has 0 saturated heterocycles. The number of nitrogen functional groups attached to an aromatic ring is 1. The monoisotopic (exact) mass is 665 g/mol. The van der Waals surface area contributed by atoms with Crippen molar-refractivity contribution in [3.8, 4) is 11.1 Å². The van der Waals surface area contributed by atoms with E-state index in [1.54, 1.807) is 0 Å². The molecule has 0 fully saturated rings. The molecule has 0 bridgehead atoms. The van der Waals surface area contributed by atoms with Crippen LogP contribution in [-0.2, 0) is 6.42 Å². The number of allylic oxidation sites excluding steroid dienone is 3. The first-order valence-corrected chi connectivity index (χ1v) is 17.0. The molecule has 0 unspecified atom stereocenters. The molecule has 3 nitrogen and oxygen atoms in total. The van der Waals surface area contributed by atoms with Gasteiger partial charge >= 0.3 is 0 Å². The third kappa shape index (κ3) is 11.6. The van der Waals surface area contributed by atoms with Crippen LogP contribution in [0.2, 0.25) is 0 Å². The number of hydrogen-bond acceptors (Lipinski definition) is 3. The number of para-hydroxylation sites is 1. The van der Waals surface area contributed by atoms with Gasteiger partial charge < -0.3 is 16.9 Å². The number of fused-ring (bicyclic) bond motifs is 1. The smallest absolute Gasteiger partial charge is 0.0393 e. The molecule has 3 heteroatoms. The molecule has 254 valence electrons. The van der Waals surface area contributed by atoms with E-state index in [9.17, 15) is 0 Å². The van der Waals surface area contributed by atoms with Gasteiger partial charge in [-0.25, -0.2) is 0 Å². The first kappa shape index (κ1) is 37.4. The Bertz CT molecular complexity index is 2060. The molecule has 5 N–H and O–H groups in total. The molecule has 0 radical (unpaired) electrons. The number of nitrogens with two attached hydrogens (primary N) is 2. The topological polar surface area (TPSA) is 75.9 Å². The van der Waals surface area contributed by atoms with Gasteiger partial charge in [0.2, 0.25) is 0 Å². The van der Waals surface area contributed by atoms with Crippen LogP contribution in [0.5, 0.6) is 0 Å². The van der Waals surface area contributed by atoms with Crippen LogP contribution >= 0.6 is 0 Å². The second kappa shape index (κ2) is 20.2. The minimum atomic E-state index is 0.763. The van der Waals surface area contributed by atoms with Gasteiger partial charge in [0.15, 0.2) is 0 Å². The summed E-state index contributed by atoms with van der Waals surface area (Å²) in [6.45, 7) is 6.79. The maximum absolute atomic E-state index is 6.52. The fourth-order valence-corrected chi connectivity index (χ4v) is 5.55. The van der Waals surface area contributed by atoms with Crippen molar-refractivity contribution in [2.45, 2.75) is 20.3 Å². The second-order valence-corrected chi connectivity index (χ2v) is 11.9. The van der Waals surface area contributed by atoms with Crippen LogP contribution in [0.25, 0.3) is 33.2 Å². The number of nitrogens with one attached hydrogen (secondary N) is 1. The maximum Gasteiger partial charge on any atom is 0.0393 e. The van der Waals surface area contributed by atoms with Crippen LogP contribution in [-0.4, -0.2) is 6.72 Å². The first-order valence-electron chi connectivity index (χ1n) is 17.0. The highest BCUT2D eigenvalue weighted by molar-refractivity contribution is 5.92. The Morgan fingerprint density at radius 2 is 1.10 bits per heavy atom. The standard InChI is InChI=1S/C34H29N.C7H8.C6H7N.CH3N/c1-25-32-15-9-8-12-28(32)22-23-33(25)29-20-18-27(19-21-29)31(17-16-26-10-4-2-5-11-26)24-34(35)30-13-6-3-7-14-30;1-7-5-3-2-4-6-7;7-6-4-2-1-3-5-6;1-2/h2-15,17-24H,16,35H2,1H3;2-6H,1H3;1-5H,7H2;2H,1H2/b31-17+,34-24-;;;. The van der Waals surface area contributed by atoms with Crippen molar-refractivity contribution in [1.82, 2.24) is 0 Å². The average Bonchev–Trinajstić information content (AvgIpc) is 3.19. The van der Waals surface area contributed by atoms with Gasteiger partial charge in [-0.15, -0.1) is 0 Å². The Morgan fingerprint density at radius 1 is 0.569 bits per heavy atom. The summed E-state index contributed by atoms with van der Waals surface area (Å²) in [5.41, 5.74) is 23.2. The van der Waals surface area contributed by atoms with Gasteiger partial charge in [-0.3, -0.25) is 0 Å². The van der Waals surface area contributed by atoms with Crippen LogP contribution in [0.3, 0.4) is 0 Å². The lowest BCUT2D eigenvalue weighted by Crippen LogP contribution is -1.97. The highest BCUT2D eigenvalue weighted by Crippen LogP contribution is 2.31. The summed E-state index contributed by atoms with van der Waals surface area (Å²) in [7, 11) is 0. The van der Waals surface area contributed by atoms with Crippen molar-refractivity contribution >= 4 is 34.4 Å². The summed E-state index contributed by atoms with van der Waals surface area (Å²) in [6, 6.07) is 62.3. The minimum absolute atomic E-state index is 0.763. The summed E-state index contributed by atoms with van der Waals surface area (Å²) < 4.78 is 0. The molecule has 51 heavy (non-hydrogen) atoms. The number of aryl methyl sites for hydroxylation is 2. The predicted octanol–water partition coefficient (Wildman–Crippen LogP) is 12.0. The van der Waals surface area contributed by atoms with Crippen molar-refractivity contribution in [2.75, 3.05) is 5.73 Å². The van der Waals surface area contributed by atoms with Crippen molar-refractivity contribution < 1.29 is 0 Å². The number of hydrogen-bond donors (Lipinski definition) is 3. The molecule has 7 aromatic rings. The van der Waals surface area contributed by atoms with E-state index >= 15 is 0 Å². The Balaban J connectivity index is 0.000000300. The molecule has 7 aromatic carbocycles. The molecule has 0 atom stereocenters. The SMILES string of the molecule is C=N.Cc1c(-c2ccc(C(/C=C(\N)c3ccccc3)=C/Cc3ccccc3)cc2)ccc2ccccc12.Cc1ccccc1.Nc1ccccc1. The summed E-state index contributed by atoms with van der Waals surface area (Å²) in [5, 5.41) is 8.08. The molecular formula is C48H47N3. The van der Waals surface area contributed by atoms with Crippen molar-refractivity contribution in [1.29, 1.82) is 5.41 Å². The molecular weight excluding hydrogens is 619 g/mol. The molecule has 0 aliphatic heterocycles. The Morgan fingerprint density at radius 3 is 1.65 bits per heavy atom. The van der Waals surface area contributed by atoms with Crippen LogP contribution < -0.4 is 11.5 Å². The first-order chi connectivity index (χ1) is 25.0. The van der Waals surface area contributed by atoms with Gasteiger partial charge in [-0.2, -0.15) is 0 Å². The normalized spacial score (nSPS) is 10.8. The maximum atomic E-state index is 6.52. The fraction of sp³-hybridized carbons (Fsp3) is 0.0625. The van der Waals surface area contributed by atoms with E-state index in [4.69, 9.17) is 16.9 Å². The van der Waals surface area contributed by atoms with Gasteiger partial charge in [-0.05, 0) is 94.9 Å². The lowest BCUT2D eigenvalue weighted by Gasteiger charge is -2.12. The largest absolute Gasteiger partial charge is 0.399 e. The summed E-state index contributed by atoms with van der Waals surface area (Å²) >= 11 is 0. The molecule has 0 aliphatic carbocycles. The van der Waals surface area contributed by atoms with Gasteiger partial charge in [0.05, 0.1) is 0 Å². The zero-order valence-electron chi connectivity index (χ0n) is 29.5. The third-order valence-corrected chi connectivity index (χ3v) is 8.29. The lowest BCUT2D eigenvalue weighted by atomic mass is 9.93. The highest BCUT2D eigenvalue weighted by atomic mass is 14.6. The van der Waals surface area contributed by atoms with Crippen molar-refractivity contribution in [2.24, 2.45) is 5.73 Å². The van der Waals surface area contributed by atoms with E-state index in [-0.39, 0.29) is 0 Å². The number of rotatable bonds is 6. The van der Waals surface area contributed by atoms with Crippen LogP contribution in [0, 0.1) is 19.3 Å². The number of anilines is 1. The van der Waals surface area contributed by atoms with Crippen molar-refractivity contribution in [3.63, 3.8) is 0 Å². The summed E-state index contributed by atoms with van der Waals surface area (Å²) in [4.78, 5) is 0. The minimum Gasteiger partial charge on any atom is -0.399 e. The zero-order valence-corrected chi connectivity index (χ0v) is 29.5. The molecule has 0 spiro atoms. The lowest BCUT2D eigenvalue weighted by molar-refractivity contribution is 1.27. The van der Waals surface area contributed by atoms with E-state index in [1.165, 1.54) is 38.6 Å². The van der Waals surface area contributed by atoms with E-state index in [1.807, 2.05) is 78.9 Å². The second-order valence-electron chi connectivity index (χ2n) is 11.9. The van der Waals surface area contributed by atoms with E-state index < -0.39 is 0 Å². The molecule has 7 rings (SSSR count). The van der Waals surface area contributed by atoms with Gasteiger partial charge in [-0.1, -0.05) is 181 Å². The quantitative estimate of drug-likeness (QED) is 0.0939. The van der Waals surface area contributed by atoms with Crippen LogP contribution in [0.1, 0.15) is 27.8 Å². The Labute approximate surface area is 303 Å². The average molecular weight is 666 g/mol. The summed E-state index contributed by atoms with van der Waals surface area (Å²) in [6.07, 6.45) is 5.20. The summed E-state index contributed by atoms with van der Waals surface area (Å²) in [5.74, 6) is 0. The Kier molecular flexibility index (Phi) is 14.8. The van der Waals surface area contributed by atoms with E-state index in [0.29, 0.717) is 0 Å². The molecule has 0 aliphatic rings. The molecule has 0 amide bonds. The highest BCUT2D eigenvalue weighted by Gasteiger charge is 2.08. The number of benzene rings is 7. The van der Waals surface area contributed by atoms with Gasteiger partial charge in [0.1, 0.15) is 0 Å². The van der Waals surface area contributed by atoms with Gasteiger partial charge in [0, 0.05) is 11.4 Å². The molecule has 0 aromatic heterocycles. The van der Waals surface area contributed by atoms with Crippen LogP contribution in [0.15, 0.2) is 194 Å².